The predicted octanol–water partition coefficient (Wildman–Crippen LogP) is 3.00. The number of rotatable bonds is 6. The van der Waals surface area contributed by atoms with Crippen LogP contribution in [0.25, 0.3) is 0 Å². The van der Waals surface area contributed by atoms with E-state index in [2.05, 4.69) is 41.3 Å². The topological polar surface area (TPSA) is 82.8 Å². The van der Waals surface area contributed by atoms with E-state index < -0.39 is 0 Å². The Balaban J connectivity index is 0.00000338. The lowest BCUT2D eigenvalue weighted by Gasteiger charge is -2.21. The van der Waals surface area contributed by atoms with E-state index in [1.54, 1.807) is 18.2 Å². The Kier molecular flexibility index (Phi) is 9.28. The van der Waals surface area contributed by atoms with Crippen LogP contribution in [0.5, 0.6) is 0 Å². The molecule has 0 aromatic heterocycles. The van der Waals surface area contributed by atoms with E-state index >= 15 is 0 Å². The molecule has 0 radical (unpaired) electrons. The number of hydrogen-bond donors (Lipinski definition) is 2. The second kappa shape index (κ2) is 10.7. The van der Waals surface area contributed by atoms with Gasteiger partial charge in [-0.15, -0.1) is 24.0 Å². The van der Waals surface area contributed by atoms with Crippen LogP contribution in [0, 0.1) is 16.0 Å². The molecule has 1 fully saturated rings. The Labute approximate surface area is 172 Å². The first-order chi connectivity index (χ1) is 11.9. The van der Waals surface area contributed by atoms with Crippen LogP contribution in [0.2, 0.25) is 0 Å². The molecule has 26 heavy (non-hydrogen) atoms. The smallest absolute Gasteiger partial charge is 0.274 e. The molecular weight excluding hydrogens is 445 g/mol. The summed E-state index contributed by atoms with van der Waals surface area (Å²) in [6.45, 7) is 11.8. The molecule has 1 aliphatic rings. The largest absolute Gasteiger partial charge is 0.357 e. The molecule has 0 spiro atoms. The predicted molar refractivity (Wildman–Crippen MR) is 116 cm³/mol. The fourth-order valence-corrected chi connectivity index (χ4v) is 3.10. The van der Waals surface area contributed by atoms with Crippen molar-refractivity contribution in [3.8, 4) is 0 Å². The first-order valence-corrected chi connectivity index (χ1v) is 8.93. The number of para-hydroxylation sites is 1. The van der Waals surface area contributed by atoms with E-state index in [4.69, 9.17) is 0 Å². The summed E-state index contributed by atoms with van der Waals surface area (Å²) in [5.74, 6) is 1.24. The lowest BCUT2D eigenvalue weighted by atomic mass is 10.1. The Hall–Kier alpha value is -1.42. The van der Waals surface area contributed by atoms with E-state index in [1.807, 2.05) is 6.92 Å². The number of halogens is 1. The summed E-state index contributed by atoms with van der Waals surface area (Å²) in [6.07, 6.45) is 0. The average Bonchev–Trinajstić information content (AvgIpc) is 2.94. The molecule has 7 nitrogen and oxygen atoms in total. The molecule has 1 heterocycles. The summed E-state index contributed by atoms with van der Waals surface area (Å²) in [5.41, 5.74) is 0.732. The highest BCUT2D eigenvalue weighted by atomic mass is 127. The molecule has 2 atom stereocenters. The van der Waals surface area contributed by atoms with Gasteiger partial charge >= 0.3 is 0 Å². The van der Waals surface area contributed by atoms with Gasteiger partial charge in [0.15, 0.2) is 5.96 Å². The Morgan fingerprint density at radius 2 is 2.08 bits per heavy atom. The van der Waals surface area contributed by atoms with Gasteiger partial charge < -0.3 is 10.6 Å². The minimum Gasteiger partial charge on any atom is -0.357 e. The van der Waals surface area contributed by atoms with E-state index in [-0.39, 0.29) is 41.1 Å². The summed E-state index contributed by atoms with van der Waals surface area (Å²) in [6, 6.07) is 7.61. The van der Waals surface area contributed by atoms with Crippen LogP contribution in [-0.2, 0) is 6.54 Å². The minimum absolute atomic E-state index is 0. The number of aliphatic imine (C=N–C) groups is 1. The highest BCUT2D eigenvalue weighted by Gasteiger charge is 2.31. The summed E-state index contributed by atoms with van der Waals surface area (Å²) in [5, 5.41) is 17.9. The molecular formula is C18H30IN5O2. The summed E-state index contributed by atoms with van der Waals surface area (Å²) < 4.78 is 0. The van der Waals surface area contributed by atoms with Crippen LogP contribution < -0.4 is 10.6 Å². The second-order valence-corrected chi connectivity index (χ2v) is 6.86. The molecule has 1 aromatic carbocycles. The van der Waals surface area contributed by atoms with Crippen molar-refractivity contribution in [3.05, 3.63) is 39.9 Å². The first kappa shape index (κ1) is 22.6. The Morgan fingerprint density at radius 3 is 2.65 bits per heavy atom. The standard InChI is InChI=1S/C18H29N5O2.HI/c1-5-19-18(21-16-12-22(13(2)3)11-14(16)4)20-10-15-8-6-7-9-17(15)23(24)25;/h6-9,13-14,16H,5,10-12H2,1-4H3,(H2,19,20,21);1H. The SMILES string of the molecule is CCNC(=NCc1ccccc1[N+](=O)[O-])NC1CN(C(C)C)CC1C.I. The number of nitro groups is 1. The minimum atomic E-state index is -0.356. The summed E-state index contributed by atoms with van der Waals surface area (Å²) in [4.78, 5) is 17.8. The van der Waals surface area contributed by atoms with Crippen molar-refractivity contribution in [2.24, 2.45) is 10.9 Å². The lowest BCUT2D eigenvalue weighted by molar-refractivity contribution is -0.385. The van der Waals surface area contributed by atoms with Crippen molar-refractivity contribution in [2.45, 2.75) is 46.3 Å². The summed E-state index contributed by atoms with van der Waals surface area (Å²) >= 11 is 0. The van der Waals surface area contributed by atoms with Crippen molar-refractivity contribution >= 4 is 35.6 Å². The highest BCUT2D eigenvalue weighted by molar-refractivity contribution is 14.0. The second-order valence-electron chi connectivity index (χ2n) is 6.86. The van der Waals surface area contributed by atoms with Crippen LogP contribution in [0.3, 0.4) is 0 Å². The molecule has 0 saturated carbocycles. The van der Waals surface area contributed by atoms with Gasteiger partial charge in [-0.1, -0.05) is 25.1 Å². The van der Waals surface area contributed by atoms with Crippen LogP contribution >= 0.6 is 24.0 Å². The lowest BCUT2D eigenvalue weighted by Crippen LogP contribution is -2.46. The quantitative estimate of drug-likeness (QED) is 0.217. The van der Waals surface area contributed by atoms with Gasteiger partial charge in [0.25, 0.3) is 5.69 Å². The number of benzene rings is 1. The zero-order valence-electron chi connectivity index (χ0n) is 15.9. The van der Waals surface area contributed by atoms with E-state index in [0.717, 1.165) is 19.6 Å². The molecule has 0 aliphatic carbocycles. The molecule has 0 amide bonds. The van der Waals surface area contributed by atoms with Gasteiger partial charge in [-0.3, -0.25) is 15.0 Å². The normalized spacial score (nSPS) is 20.7. The van der Waals surface area contributed by atoms with Gasteiger partial charge in [-0.05, 0) is 26.7 Å². The van der Waals surface area contributed by atoms with Gasteiger partial charge in [-0.2, -0.15) is 0 Å². The maximum absolute atomic E-state index is 11.1. The first-order valence-electron chi connectivity index (χ1n) is 8.93. The molecule has 1 aromatic rings. The fourth-order valence-electron chi connectivity index (χ4n) is 3.10. The maximum atomic E-state index is 11.1. The number of nitro benzene ring substituents is 1. The van der Waals surface area contributed by atoms with Crippen molar-refractivity contribution < 1.29 is 4.92 Å². The molecule has 1 saturated heterocycles. The van der Waals surface area contributed by atoms with Gasteiger partial charge in [0.2, 0.25) is 0 Å². The number of nitrogens with zero attached hydrogens (tertiary/aromatic N) is 3. The number of hydrogen-bond acceptors (Lipinski definition) is 4. The number of guanidine groups is 1. The highest BCUT2D eigenvalue weighted by Crippen LogP contribution is 2.20. The van der Waals surface area contributed by atoms with Crippen molar-refractivity contribution in [1.29, 1.82) is 0 Å². The van der Waals surface area contributed by atoms with Crippen molar-refractivity contribution in [2.75, 3.05) is 19.6 Å². The van der Waals surface area contributed by atoms with E-state index in [1.165, 1.54) is 6.07 Å². The molecule has 146 valence electrons. The van der Waals surface area contributed by atoms with E-state index in [0.29, 0.717) is 29.5 Å². The monoisotopic (exact) mass is 475 g/mol. The maximum Gasteiger partial charge on any atom is 0.274 e. The fraction of sp³-hybridized carbons (Fsp3) is 0.611. The van der Waals surface area contributed by atoms with Crippen LogP contribution in [0.4, 0.5) is 5.69 Å². The van der Waals surface area contributed by atoms with Gasteiger partial charge in [0.05, 0.1) is 17.0 Å². The van der Waals surface area contributed by atoms with Crippen LogP contribution in [0.15, 0.2) is 29.3 Å². The van der Waals surface area contributed by atoms with Crippen molar-refractivity contribution in [3.63, 3.8) is 0 Å². The van der Waals surface area contributed by atoms with Gasteiger partial charge in [-0.25, -0.2) is 4.99 Å². The average molecular weight is 475 g/mol. The van der Waals surface area contributed by atoms with E-state index in [9.17, 15) is 10.1 Å². The number of likely N-dealkylation sites (tertiary alicyclic amines) is 1. The van der Waals surface area contributed by atoms with Crippen LogP contribution in [0.1, 0.15) is 33.3 Å². The third-order valence-corrected chi connectivity index (χ3v) is 4.63. The third kappa shape index (κ3) is 6.08. The zero-order valence-corrected chi connectivity index (χ0v) is 18.3. The summed E-state index contributed by atoms with van der Waals surface area (Å²) in [7, 11) is 0. The van der Waals surface area contributed by atoms with Gasteiger partial charge in [0.1, 0.15) is 0 Å². The van der Waals surface area contributed by atoms with Gasteiger partial charge in [0, 0.05) is 37.8 Å². The molecule has 2 N–H and O–H groups in total. The van der Waals surface area contributed by atoms with Crippen LogP contribution in [-0.4, -0.2) is 47.5 Å². The molecule has 2 unspecified atom stereocenters. The van der Waals surface area contributed by atoms with Crippen molar-refractivity contribution in [1.82, 2.24) is 15.5 Å². The Morgan fingerprint density at radius 1 is 1.38 bits per heavy atom. The molecule has 1 aliphatic heterocycles. The third-order valence-electron chi connectivity index (χ3n) is 4.63. The molecule has 2 rings (SSSR count). The zero-order chi connectivity index (χ0) is 18.4. The number of nitrogens with one attached hydrogen (secondary N) is 2. The molecule has 8 heteroatoms. The molecule has 0 bridgehead atoms. The Bertz CT molecular complexity index is 623.